The predicted octanol–water partition coefficient (Wildman–Crippen LogP) is 3.18. The highest BCUT2D eigenvalue weighted by Crippen LogP contribution is 2.36. The number of amides is 1. The molecule has 25 heavy (non-hydrogen) atoms. The highest BCUT2D eigenvalue weighted by atomic mass is 16.5. The largest absolute Gasteiger partial charge is 0.493 e. The highest BCUT2D eigenvalue weighted by Gasteiger charge is 2.23. The zero-order valence-corrected chi connectivity index (χ0v) is 14.5. The van der Waals surface area contributed by atoms with Gasteiger partial charge in [0.2, 0.25) is 5.91 Å². The Morgan fingerprint density at radius 3 is 2.40 bits per heavy atom. The molecular weight excluding hydrogens is 316 g/mol. The number of ether oxygens (including phenoxy) is 2. The van der Waals surface area contributed by atoms with E-state index in [1.807, 2.05) is 54.6 Å². The molecule has 0 spiro atoms. The summed E-state index contributed by atoms with van der Waals surface area (Å²) in [4.78, 5) is 18.4. The van der Waals surface area contributed by atoms with E-state index >= 15 is 0 Å². The molecule has 2 aromatic carbocycles. The fourth-order valence-electron chi connectivity index (χ4n) is 2.71. The molecule has 1 heterocycles. The van der Waals surface area contributed by atoms with E-state index in [9.17, 15) is 4.79 Å². The van der Waals surface area contributed by atoms with Crippen molar-refractivity contribution < 1.29 is 14.3 Å². The van der Waals surface area contributed by atoms with E-state index in [0.717, 1.165) is 22.5 Å². The molecule has 0 atom stereocenters. The lowest BCUT2D eigenvalue weighted by atomic mass is 10.0. The summed E-state index contributed by atoms with van der Waals surface area (Å²) in [7, 11) is 4.91. The topological polar surface area (TPSA) is 51.1 Å². The summed E-state index contributed by atoms with van der Waals surface area (Å²) >= 11 is 0. The zero-order chi connectivity index (χ0) is 17.8. The van der Waals surface area contributed by atoms with Crippen LogP contribution in [0.5, 0.6) is 11.5 Å². The fraction of sp³-hybridized carbons (Fsp3) is 0.200. The van der Waals surface area contributed by atoms with Gasteiger partial charge in [0.05, 0.1) is 25.6 Å². The first kappa shape index (κ1) is 16.8. The van der Waals surface area contributed by atoms with Crippen LogP contribution in [0.2, 0.25) is 0 Å². The predicted molar refractivity (Wildman–Crippen MR) is 99.8 cm³/mol. The Hall–Kier alpha value is -3.08. The Morgan fingerprint density at radius 2 is 1.72 bits per heavy atom. The van der Waals surface area contributed by atoms with E-state index in [1.165, 1.54) is 0 Å². The molecule has 3 rings (SSSR count). The molecule has 0 fully saturated rings. The standard InChI is InChI=1S/C20H20N2O3/c1-22-17-12-19(25-3)18(24-2)11-15(17)16(21-13-20(22)23)10-9-14-7-5-4-6-8-14/h4-12H,13H2,1-3H3. The Bertz CT molecular complexity index is 842. The van der Waals surface area contributed by atoms with E-state index in [4.69, 9.17) is 9.47 Å². The first-order valence-electron chi connectivity index (χ1n) is 7.94. The van der Waals surface area contributed by atoms with Gasteiger partial charge in [-0.15, -0.1) is 0 Å². The maximum atomic E-state index is 12.3. The SMILES string of the molecule is COc1cc2c(cc1OC)N(C)C(=O)CN=C2C=Cc1ccccc1. The molecule has 5 nitrogen and oxygen atoms in total. The van der Waals surface area contributed by atoms with Gasteiger partial charge in [-0.1, -0.05) is 36.4 Å². The van der Waals surface area contributed by atoms with Gasteiger partial charge in [0.15, 0.2) is 11.5 Å². The number of nitrogens with zero attached hydrogens (tertiary/aromatic N) is 2. The number of aliphatic imine (C=N–C) groups is 1. The molecule has 0 saturated heterocycles. The fourth-order valence-corrected chi connectivity index (χ4v) is 2.71. The van der Waals surface area contributed by atoms with Crippen LogP contribution in [-0.4, -0.2) is 39.4 Å². The van der Waals surface area contributed by atoms with Crippen molar-refractivity contribution in [2.75, 3.05) is 32.7 Å². The summed E-state index contributed by atoms with van der Waals surface area (Å²) in [5.74, 6) is 1.11. The second-order valence-electron chi connectivity index (χ2n) is 5.62. The van der Waals surface area contributed by atoms with Gasteiger partial charge in [0.25, 0.3) is 0 Å². The summed E-state index contributed by atoms with van der Waals surface area (Å²) in [6.45, 7) is 0.101. The molecule has 0 saturated carbocycles. The van der Waals surface area contributed by atoms with Gasteiger partial charge in [0, 0.05) is 18.7 Å². The first-order valence-corrected chi connectivity index (χ1v) is 7.94. The van der Waals surface area contributed by atoms with Gasteiger partial charge in [-0.3, -0.25) is 9.79 Å². The van der Waals surface area contributed by atoms with Crippen LogP contribution in [0.25, 0.3) is 6.08 Å². The zero-order valence-electron chi connectivity index (χ0n) is 14.5. The second-order valence-corrected chi connectivity index (χ2v) is 5.62. The summed E-state index contributed by atoms with van der Waals surface area (Å²) in [5.41, 5.74) is 3.38. The van der Waals surface area contributed by atoms with Gasteiger partial charge >= 0.3 is 0 Å². The van der Waals surface area contributed by atoms with Crippen LogP contribution in [0, 0.1) is 0 Å². The molecule has 0 N–H and O–H groups in total. The number of benzodiazepines with no additional fused rings is 1. The Labute approximate surface area is 147 Å². The number of carbonyl (C=O) groups excluding carboxylic acids is 1. The minimum atomic E-state index is -0.0726. The number of likely N-dealkylation sites (N-methyl/N-ethyl adjacent to an activating group) is 1. The van der Waals surface area contributed by atoms with E-state index in [1.54, 1.807) is 26.2 Å². The maximum absolute atomic E-state index is 12.3. The molecule has 0 aliphatic carbocycles. The number of benzene rings is 2. The molecule has 0 aromatic heterocycles. The van der Waals surface area contributed by atoms with E-state index in [-0.39, 0.29) is 12.5 Å². The van der Waals surface area contributed by atoms with Crippen LogP contribution in [0.4, 0.5) is 5.69 Å². The van der Waals surface area contributed by atoms with Gasteiger partial charge in [0.1, 0.15) is 6.54 Å². The first-order chi connectivity index (χ1) is 12.1. The number of hydrogen-bond donors (Lipinski definition) is 0. The number of hydrogen-bond acceptors (Lipinski definition) is 4. The van der Waals surface area contributed by atoms with Crippen molar-refractivity contribution >= 4 is 23.4 Å². The molecule has 5 heteroatoms. The molecule has 0 unspecified atom stereocenters. The van der Waals surface area contributed by atoms with E-state index in [2.05, 4.69) is 4.99 Å². The van der Waals surface area contributed by atoms with E-state index in [0.29, 0.717) is 11.5 Å². The molecule has 1 amide bonds. The van der Waals surface area contributed by atoms with Crippen molar-refractivity contribution in [2.45, 2.75) is 0 Å². The minimum Gasteiger partial charge on any atom is -0.493 e. The molecule has 128 valence electrons. The Morgan fingerprint density at radius 1 is 1.04 bits per heavy atom. The normalized spacial score (nSPS) is 14.1. The van der Waals surface area contributed by atoms with Crippen molar-refractivity contribution in [1.29, 1.82) is 0 Å². The average Bonchev–Trinajstić information content (AvgIpc) is 2.77. The van der Waals surface area contributed by atoms with Crippen molar-refractivity contribution in [3.63, 3.8) is 0 Å². The lowest BCUT2D eigenvalue weighted by molar-refractivity contribution is -0.116. The van der Waals surface area contributed by atoms with Gasteiger partial charge in [-0.25, -0.2) is 0 Å². The third kappa shape index (κ3) is 3.40. The van der Waals surface area contributed by atoms with Gasteiger partial charge in [-0.05, 0) is 17.7 Å². The highest BCUT2D eigenvalue weighted by molar-refractivity contribution is 6.18. The molecular formula is C20H20N2O3. The van der Waals surface area contributed by atoms with E-state index < -0.39 is 0 Å². The van der Waals surface area contributed by atoms with Crippen molar-refractivity contribution in [3.8, 4) is 11.5 Å². The molecule has 1 aliphatic heterocycles. The van der Waals surface area contributed by atoms with Crippen molar-refractivity contribution in [2.24, 2.45) is 4.99 Å². The maximum Gasteiger partial charge on any atom is 0.248 e. The van der Waals surface area contributed by atoms with Gasteiger partial charge < -0.3 is 14.4 Å². The Balaban J connectivity index is 2.10. The van der Waals surface area contributed by atoms with Crippen molar-refractivity contribution in [3.05, 3.63) is 59.7 Å². The number of methoxy groups -OCH3 is 2. The molecule has 0 bridgehead atoms. The lowest BCUT2D eigenvalue weighted by Crippen LogP contribution is -2.27. The Kier molecular flexibility index (Phi) is 4.84. The number of fused-ring (bicyclic) bond motifs is 1. The molecule has 1 aliphatic rings. The monoisotopic (exact) mass is 336 g/mol. The average molecular weight is 336 g/mol. The number of anilines is 1. The summed E-state index contributed by atoms with van der Waals surface area (Å²) in [6, 6.07) is 13.6. The third-order valence-electron chi connectivity index (χ3n) is 4.13. The van der Waals surface area contributed by atoms with Crippen LogP contribution in [0.1, 0.15) is 11.1 Å². The van der Waals surface area contributed by atoms with Crippen LogP contribution in [0.3, 0.4) is 0 Å². The molecule has 0 radical (unpaired) electrons. The van der Waals surface area contributed by atoms with Crippen LogP contribution >= 0.6 is 0 Å². The molecule has 2 aromatic rings. The number of allylic oxidation sites excluding steroid dienone is 1. The minimum absolute atomic E-state index is 0.0726. The quantitative estimate of drug-likeness (QED) is 0.862. The van der Waals surface area contributed by atoms with Crippen LogP contribution < -0.4 is 14.4 Å². The third-order valence-corrected chi connectivity index (χ3v) is 4.13. The van der Waals surface area contributed by atoms with Gasteiger partial charge in [-0.2, -0.15) is 0 Å². The second kappa shape index (κ2) is 7.21. The summed E-state index contributed by atoms with van der Waals surface area (Å²) in [6.07, 6.45) is 3.90. The lowest BCUT2D eigenvalue weighted by Gasteiger charge is -2.20. The summed E-state index contributed by atoms with van der Waals surface area (Å²) in [5, 5.41) is 0. The summed E-state index contributed by atoms with van der Waals surface area (Å²) < 4.78 is 10.8. The van der Waals surface area contributed by atoms with Crippen LogP contribution in [0.15, 0.2) is 53.5 Å². The van der Waals surface area contributed by atoms with Crippen molar-refractivity contribution in [1.82, 2.24) is 0 Å². The number of rotatable bonds is 4. The smallest absolute Gasteiger partial charge is 0.248 e. The number of carbonyl (C=O) groups is 1. The van der Waals surface area contributed by atoms with Crippen LogP contribution in [-0.2, 0) is 4.79 Å².